The molecule has 0 saturated carbocycles. The lowest BCUT2D eigenvalue weighted by molar-refractivity contribution is 0.0944. The lowest BCUT2D eigenvalue weighted by Crippen LogP contribution is -2.25. The number of amides is 1. The number of aliphatic hydroxyl groups is 1. The second-order valence-electron chi connectivity index (χ2n) is 4.15. The number of rotatable bonds is 3. The van der Waals surface area contributed by atoms with Crippen LogP contribution in [0.5, 0.6) is 0 Å². The van der Waals surface area contributed by atoms with Crippen molar-refractivity contribution in [3.8, 4) is 11.8 Å². The number of benzene rings is 1. The number of carbonyl (C=O) groups is 1. The molecular formula is C15H14N2O2S. The second-order valence-corrected chi connectivity index (χ2v) is 5.03. The molecule has 0 fully saturated rings. The van der Waals surface area contributed by atoms with Gasteiger partial charge in [-0.15, -0.1) is 11.3 Å². The Morgan fingerprint density at radius 3 is 3.10 bits per heavy atom. The van der Waals surface area contributed by atoms with Crippen LogP contribution in [0.2, 0.25) is 0 Å². The van der Waals surface area contributed by atoms with Crippen LogP contribution in [0.1, 0.15) is 33.8 Å². The molecular weight excluding hydrogens is 272 g/mol. The number of aliphatic hydroxyl groups excluding tert-OH is 1. The number of hydrogen-bond donors (Lipinski definition) is 2. The fourth-order valence-electron chi connectivity index (χ4n) is 1.71. The van der Waals surface area contributed by atoms with Crippen molar-refractivity contribution in [1.82, 2.24) is 10.3 Å². The van der Waals surface area contributed by atoms with Gasteiger partial charge in [0, 0.05) is 5.56 Å². The van der Waals surface area contributed by atoms with Crippen LogP contribution in [0.4, 0.5) is 0 Å². The summed E-state index contributed by atoms with van der Waals surface area (Å²) in [6.07, 6.45) is 1.55. The van der Waals surface area contributed by atoms with E-state index >= 15 is 0 Å². The first-order valence-electron chi connectivity index (χ1n) is 6.09. The first-order chi connectivity index (χ1) is 9.70. The van der Waals surface area contributed by atoms with Crippen LogP contribution >= 0.6 is 11.3 Å². The molecule has 1 aromatic heterocycles. The SMILES string of the molecule is CC(NC(=O)c1cncs1)c1cccc(C#CCO)c1. The molecule has 0 spiro atoms. The van der Waals surface area contributed by atoms with E-state index in [1.807, 2.05) is 31.2 Å². The lowest BCUT2D eigenvalue weighted by Gasteiger charge is -2.13. The zero-order valence-corrected chi connectivity index (χ0v) is 11.8. The molecule has 0 radical (unpaired) electrons. The van der Waals surface area contributed by atoms with Crippen LogP contribution < -0.4 is 5.32 Å². The van der Waals surface area contributed by atoms with Gasteiger partial charge >= 0.3 is 0 Å². The van der Waals surface area contributed by atoms with Gasteiger partial charge in [-0.1, -0.05) is 24.0 Å². The molecule has 1 aromatic carbocycles. The standard InChI is InChI=1S/C15H14N2O2S/c1-11(17-15(19)14-9-16-10-20-14)13-6-2-4-12(8-13)5-3-7-18/h2,4,6,8-11,18H,7H2,1H3,(H,17,19). The maximum absolute atomic E-state index is 11.9. The fraction of sp³-hybridized carbons (Fsp3) is 0.200. The largest absolute Gasteiger partial charge is 0.384 e. The van der Waals surface area contributed by atoms with Crippen LogP contribution in [0.25, 0.3) is 0 Å². The third kappa shape index (κ3) is 3.67. The molecule has 1 amide bonds. The zero-order chi connectivity index (χ0) is 14.4. The summed E-state index contributed by atoms with van der Waals surface area (Å²) in [7, 11) is 0. The summed E-state index contributed by atoms with van der Waals surface area (Å²) >= 11 is 1.31. The number of aromatic nitrogens is 1. The number of hydrogen-bond acceptors (Lipinski definition) is 4. The average molecular weight is 286 g/mol. The van der Waals surface area contributed by atoms with Crippen molar-refractivity contribution >= 4 is 17.2 Å². The third-order valence-corrected chi connectivity index (χ3v) is 3.47. The van der Waals surface area contributed by atoms with E-state index in [9.17, 15) is 4.79 Å². The maximum atomic E-state index is 11.9. The maximum Gasteiger partial charge on any atom is 0.263 e. The van der Waals surface area contributed by atoms with Gasteiger partial charge in [0.15, 0.2) is 0 Å². The van der Waals surface area contributed by atoms with Crippen molar-refractivity contribution in [3.05, 3.63) is 52.0 Å². The molecule has 4 nitrogen and oxygen atoms in total. The predicted molar refractivity (Wildman–Crippen MR) is 78.4 cm³/mol. The van der Waals surface area contributed by atoms with Crippen molar-refractivity contribution in [1.29, 1.82) is 0 Å². The van der Waals surface area contributed by atoms with Gasteiger partial charge in [0.05, 0.1) is 17.7 Å². The smallest absolute Gasteiger partial charge is 0.263 e. The Hall–Kier alpha value is -2.16. The van der Waals surface area contributed by atoms with Crippen LogP contribution in [0.3, 0.4) is 0 Å². The van der Waals surface area contributed by atoms with E-state index in [0.29, 0.717) is 4.88 Å². The van der Waals surface area contributed by atoms with Crippen LogP contribution in [-0.2, 0) is 0 Å². The quantitative estimate of drug-likeness (QED) is 0.848. The van der Waals surface area contributed by atoms with Crippen LogP contribution in [0.15, 0.2) is 36.0 Å². The number of carbonyl (C=O) groups excluding carboxylic acids is 1. The number of thiazole rings is 1. The van der Waals surface area contributed by atoms with Crippen LogP contribution in [0, 0.1) is 11.8 Å². The van der Waals surface area contributed by atoms with E-state index in [1.54, 1.807) is 11.7 Å². The minimum atomic E-state index is -0.165. The Morgan fingerprint density at radius 1 is 1.55 bits per heavy atom. The summed E-state index contributed by atoms with van der Waals surface area (Å²) in [4.78, 5) is 16.4. The summed E-state index contributed by atoms with van der Waals surface area (Å²) in [6.45, 7) is 1.75. The molecule has 0 aliphatic rings. The van der Waals surface area contributed by atoms with Crippen LogP contribution in [-0.4, -0.2) is 22.6 Å². The minimum absolute atomic E-state index is 0.125. The predicted octanol–water partition coefficient (Wildman–Crippen LogP) is 1.98. The highest BCUT2D eigenvalue weighted by Crippen LogP contribution is 2.15. The van der Waals surface area contributed by atoms with Crippen molar-refractivity contribution in [2.24, 2.45) is 0 Å². The van der Waals surface area contributed by atoms with E-state index in [1.165, 1.54) is 11.3 Å². The van der Waals surface area contributed by atoms with Gasteiger partial charge in [-0.25, -0.2) is 0 Å². The molecule has 5 heteroatoms. The first kappa shape index (κ1) is 14.3. The normalized spacial score (nSPS) is 11.3. The number of nitrogens with one attached hydrogen (secondary N) is 1. The van der Waals surface area contributed by atoms with E-state index in [0.717, 1.165) is 11.1 Å². The monoisotopic (exact) mass is 286 g/mol. The van der Waals surface area contributed by atoms with Crippen molar-refractivity contribution in [2.45, 2.75) is 13.0 Å². The van der Waals surface area contributed by atoms with Gasteiger partial charge in [0.25, 0.3) is 5.91 Å². The molecule has 2 aromatic rings. The molecule has 0 aliphatic carbocycles. The fourth-order valence-corrected chi connectivity index (χ4v) is 2.23. The lowest BCUT2D eigenvalue weighted by atomic mass is 10.1. The molecule has 0 bridgehead atoms. The molecule has 102 valence electrons. The molecule has 0 aliphatic heterocycles. The zero-order valence-electron chi connectivity index (χ0n) is 11.0. The van der Waals surface area contributed by atoms with Gasteiger partial charge in [-0.05, 0) is 24.6 Å². The van der Waals surface area contributed by atoms with E-state index in [4.69, 9.17) is 5.11 Å². The summed E-state index contributed by atoms with van der Waals surface area (Å²) < 4.78 is 0. The second kappa shape index (κ2) is 6.85. The average Bonchev–Trinajstić information content (AvgIpc) is 2.99. The molecule has 20 heavy (non-hydrogen) atoms. The highest BCUT2D eigenvalue weighted by molar-refractivity contribution is 7.11. The van der Waals surface area contributed by atoms with Crippen molar-refractivity contribution < 1.29 is 9.90 Å². The summed E-state index contributed by atoms with van der Waals surface area (Å²) in [6, 6.07) is 7.46. The Labute approximate surface area is 121 Å². The number of nitrogens with zero attached hydrogens (tertiary/aromatic N) is 1. The third-order valence-electron chi connectivity index (χ3n) is 2.70. The molecule has 2 rings (SSSR count). The minimum Gasteiger partial charge on any atom is -0.384 e. The summed E-state index contributed by atoms with van der Waals surface area (Å²) in [5, 5.41) is 11.6. The summed E-state index contributed by atoms with van der Waals surface area (Å²) in [5.41, 5.74) is 3.41. The highest BCUT2D eigenvalue weighted by Gasteiger charge is 2.12. The Morgan fingerprint density at radius 2 is 2.40 bits per heavy atom. The Bertz CT molecular complexity index is 641. The van der Waals surface area contributed by atoms with E-state index in [2.05, 4.69) is 22.1 Å². The molecule has 1 unspecified atom stereocenters. The first-order valence-corrected chi connectivity index (χ1v) is 6.97. The molecule has 0 saturated heterocycles. The molecule has 1 atom stereocenters. The van der Waals surface area contributed by atoms with Crippen molar-refractivity contribution in [2.75, 3.05) is 6.61 Å². The van der Waals surface area contributed by atoms with Crippen molar-refractivity contribution in [3.63, 3.8) is 0 Å². The van der Waals surface area contributed by atoms with Gasteiger partial charge in [0.2, 0.25) is 0 Å². The summed E-state index contributed by atoms with van der Waals surface area (Å²) in [5.74, 6) is 5.32. The van der Waals surface area contributed by atoms with Gasteiger partial charge in [-0.3, -0.25) is 9.78 Å². The van der Waals surface area contributed by atoms with E-state index < -0.39 is 0 Å². The topological polar surface area (TPSA) is 62.2 Å². The molecule has 2 N–H and O–H groups in total. The van der Waals surface area contributed by atoms with Gasteiger partial charge < -0.3 is 10.4 Å². The highest BCUT2D eigenvalue weighted by atomic mass is 32.1. The Kier molecular flexibility index (Phi) is 4.88. The van der Waals surface area contributed by atoms with Gasteiger partial charge in [-0.2, -0.15) is 0 Å². The molecule has 1 heterocycles. The Balaban J connectivity index is 2.09. The van der Waals surface area contributed by atoms with E-state index in [-0.39, 0.29) is 18.6 Å². The van der Waals surface area contributed by atoms with Gasteiger partial charge in [0.1, 0.15) is 11.5 Å².